The van der Waals surface area contributed by atoms with Crippen molar-refractivity contribution in [2.45, 2.75) is 77.9 Å². The van der Waals surface area contributed by atoms with Crippen LogP contribution in [0, 0.1) is 20.8 Å². The molecule has 1 aliphatic carbocycles. The Morgan fingerprint density at radius 2 is 1.81 bits per heavy atom. The molecule has 1 aliphatic heterocycles. The molecule has 9 nitrogen and oxygen atoms in total. The molecule has 1 aromatic carbocycles. The van der Waals surface area contributed by atoms with Gasteiger partial charge < -0.3 is 15.4 Å². The Balaban J connectivity index is 1.23. The van der Waals surface area contributed by atoms with E-state index < -0.39 is 12.1 Å². The van der Waals surface area contributed by atoms with Gasteiger partial charge in [-0.15, -0.1) is 21.5 Å². The van der Waals surface area contributed by atoms with Crippen LogP contribution in [0.2, 0.25) is 5.02 Å². The zero-order chi connectivity index (χ0) is 29.6. The van der Waals surface area contributed by atoms with E-state index in [9.17, 15) is 9.59 Å². The van der Waals surface area contributed by atoms with Crippen molar-refractivity contribution in [1.82, 2.24) is 25.4 Å². The summed E-state index contributed by atoms with van der Waals surface area (Å²) in [6, 6.07) is 7.10. The van der Waals surface area contributed by atoms with Crippen LogP contribution in [-0.2, 0) is 9.53 Å². The summed E-state index contributed by atoms with van der Waals surface area (Å²) >= 11 is 7.87. The fourth-order valence-electron chi connectivity index (χ4n) is 5.32. The number of halogens is 1. The van der Waals surface area contributed by atoms with Crippen LogP contribution < -0.4 is 10.6 Å². The van der Waals surface area contributed by atoms with Gasteiger partial charge in [0.25, 0.3) is 0 Å². The third-order valence-corrected chi connectivity index (χ3v) is 9.12. The molecule has 0 fully saturated rings. The van der Waals surface area contributed by atoms with Gasteiger partial charge in [0, 0.05) is 34.1 Å². The monoisotopic (exact) mass is 608 g/mol. The predicted octanol–water partition coefficient (Wildman–Crippen LogP) is 6.31. The van der Waals surface area contributed by atoms with Gasteiger partial charge in [0.15, 0.2) is 5.82 Å². The molecule has 0 radical (unpaired) electrons. The number of benzene rings is 1. The lowest BCUT2D eigenvalue weighted by Gasteiger charge is -2.18. The van der Waals surface area contributed by atoms with Crippen molar-refractivity contribution < 1.29 is 14.3 Å². The highest BCUT2D eigenvalue weighted by Gasteiger charge is 2.32. The highest BCUT2D eigenvalue weighted by atomic mass is 35.5. The Kier molecular flexibility index (Phi) is 9.74. The van der Waals surface area contributed by atoms with E-state index in [4.69, 9.17) is 21.3 Å². The van der Waals surface area contributed by atoms with Crippen LogP contribution in [0.4, 0.5) is 4.79 Å². The van der Waals surface area contributed by atoms with Crippen molar-refractivity contribution in [2.24, 2.45) is 4.99 Å². The third kappa shape index (κ3) is 6.93. The van der Waals surface area contributed by atoms with E-state index in [0.29, 0.717) is 30.4 Å². The van der Waals surface area contributed by atoms with Crippen LogP contribution in [0.15, 0.2) is 41.4 Å². The second-order valence-corrected chi connectivity index (χ2v) is 12.4. The number of carbonyl (C=O) groups is 2. The molecular weight excluding hydrogens is 572 g/mol. The first-order valence-corrected chi connectivity index (χ1v) is 15.7. The van der Waals surface area contributed by atoms with E-state index >= 15 is 0 Å². The number of hydrogen-bond donors (Lipinski definition) is 2. The van der Waals surface area contributed by atoms with E-state index in [1.807, 2.05) is 35.8 Å². The summed E-state index contributed by atoms with van der Waals surface area (Å²) in [5.41, 5.74) is 3.91. The fraction of sp³-hybridized carbons (Fsp3) is 0.452. The largest absolute Gasteiger partial charge is 0.446 e. The van der Waals surface area contributed by atoms with E-state index in [0.717, 1.165) is 65.3 Å². The van der Waals surface area contributed by atoms with Gasteiger partial charge in [0.1, 0.15) is 23.0 Å². The Bertz CT molecular complexity index is 1490. The van der Waals surface area contributed by atoms with E-state index in [1.54, 1.807) is 11.3 Å². The van der Waals surface area contributed by atoms with E-state index in [-0.39, 0.29) is 18.4 Å². The number of aryl methyl sites for hydroxylation is 2. The lowest BCUT2D eigenvalue weighted by Crippen LogP contribution is -2.32. The molecule has 0 saturated heterocycles. The number of aliphatic imine (C=N–C) groups is 1. The van der Waals surface area contributed by atoms with Gasteiger partial charge >= 0.3 is 6.09 Å². The standard InChI is InChI=1S/C31H37ClN6O3S/c1-19-20(2)42-30-27(19)28(22-12-14-23(32)15-13-22)35-25(29-37-36-21(3)38(29)30)18-26(39)33-16-9-17-34-31(40)41-24-10-7-5-4-6-8-11-24/h4-5,12-15,24-25H,6-11,16-18H2,1-3H3,(H,33,39)(H,34,40)/b5-4-/t24?,25-/m1/s1. The van der Waals surface area contributed by atoms with Gasteiger partial charge in [0.05, 0.1) is 12.1 Å². The summed E-state index contributed by atoms with van der Waals surface area (Å²) in [5, 5.41) is 16.2. The van der Waals surface area contributed by atoms with Gasteiger partial charge in [-0.2, -0.15) is 0 Å². The van der Waals surface area contributed by atoms with Crippen LogP contribution in [0.1, 0.15) is 84.2 Å². The van der Waals surface area contributed by atoms with Crippen molar-refractivity contribution in [3.63, 3.8) is 0 Å². The molecule has 42 heavy (non-hydrogen) atoms. The van der Waals surface area contributed by atoms with Gasteiger partial charge in [-0.25, -0.2) is 4.79 Å². The summed E-state index contributed by atoms with van der Waals surface area (Å²) in [6.45, 7) is 6.96. The van der Waals surface area contributed by atoms with Gasteiger partial charge in [-0.1, -0.05) is 35.9 Å². The Morgan fingerprint density at radius 3 is 2.62 bits per heavy atom. The number of aromatic nitrogens is 3. The lowest BCUT2D eigenvalue weighted by molar-refractivity contribution is -0.121. The first-order chi connectivity index (χ1) is 20.3. The Hall–Kier alpha value is -3.50. The zero-order valence-corrected chi connectivity index (χ0v) is 25.9. The van der Waals surface area contributed by atoms with Crippen LogP contribution in [0.3, 0.4) is 0 Å². The normalized spacial score (nSPS) is 18.9. The quantitative estimate of drug-likeness (QED) is 0.230. The van der Waals surface area contributed by atoms with E-state index in [2.05, 4.69) is 46.8 Å². The van der Waals surface area contributed by atoms with Crippen LogP contribution in [0.25, 0.3) is 5.00 Å². The van der Waals surface area contributed by atoms with Crippen LogP contribution >= 0.6 is 22.9 Å². The number of rotatable bonds is 8. The predicted molar refractivity (Wildman–Crippen MR) is 166 cm³/mol. The smallest absolute Gasteiger partial charge is 0.407 e. The average Bonchev–Trinajstić information content (AvgIpc) is 3.42. The number of amides is 2. The maximum Gasteiger partial charge on any atom is 0.407 e. The number of fused-ring (bicyclic) bond motifs is 3. The minimum Gasteiger partial charge on any atom is -0.446 e. The molecule has 2 atom stereocenters. The van der Waals surface area contributed by atoms with Gasteiger partial charge in [-0.05, 0) is 77.0 Å². The maximum atomic E-state index is 13.1. The van der Waals surface area contributed by atoms with Crippen molar-refractivity contribution in [3.05, 3.63) is 74.7 Å². The summed E-state index contributed by atoms with van der Waals surface area (Å²) < 4.78 is 7.62. The summed E-state index contributed by atoms with van der Waals surface area (Å²) in [6.07, 6.45) is 9.33. The first-order valence-electron chi connectivity index (χ1n) is 14.5. The summed E-state index contributed by atoms with van der Waals surface area (Å²) in [7, 11) is 0. The summed E-state index contributed by atoms with van der Waals surface area (Å²) in [5.74, 6) is 1.25. The minimum atomic E-state index is -0.525. The molecule has 2 aliphatic rings. The zero-order valence-electron chi connectivity index (χ0n) is 24.3. The molecule has 5 rings (SSSR count). The van der Waals surface area contributed by atoms with Crippen molar-refractivity contribution in [1.29, 1.82) is 0 Å². The second-order valence-electron chi connectivity index (χ2n) is 10.7. The minimum absolute atomic E-state index is 0.0457. The summed E-state index contributed by atoms with van der Waals surface area (Å²) in [4.78, 5) is 31.7. The number of alkyl carbamates (subject to hydrolysis) is 1. The van der Waals surface area contributed by atoms with Crippen LogP contribution in [-0.4, -0.2) is 51.7 Å². The molecule has 0 saturated carbocycles. The van der Waals surface area contributed by atoms with Crippen molar-refractivity contribution >= 4 is 40.6 Å². The average molecular weight is 609 g/mol. The first kappa shape index (κ1) is 30.0. The number of hydrogen-bond acceptors (Lipinski definition) is 7. The van der Waals surface area contributed by atoms with E-state index in [1.165, 1.54) is 4.88 Å². The number of nitrogens with one attached hydrogen (secondary N) is 2. The number of thiophene rings is 1. The molecule has 3 aromatic rings. The number of allylic oxidation sites excluding steroid dienone is 2. The van der Waals surface area contributed by atoms with Crippen molar-refractivity contribution in [2.75, 3.05) is 13.1 Å². The molecule has 2 amide bonds. The topological polar surface area (TPSA) is 110 Å². The third-order valence-electron chi connectivity index (χ3n) is 7.67. The highest BCUT2D eigenvalue weighted by molar-refractivity contribution is 7.15. The fourth-order valence-corrected chi connectivity index (χ4v) is 6.66. The molecular formula is C31H37ClN6O3S. The molecule has 0 spiro atoms. The molecule has 2 aromatic heterocycles. The van der Waals surface area contributed by atoms with Crippen molar-refractivity contribution in [3.8, 4) is 5.00 Å². The van der Waals surface area contributed by atoms with Gasteiger partial charge in [-0.3, -0.25) is 14.4 Å². The number of carbonyl (C=O) groups excluding carboxylic acids is 2. The SMILES string of the molecule is Cc1sc2c(c1C)C(c1ccc(Cl)cc1)=N[C@H](CC(=O)NCCCNC(=O)OC1CC/C=C\CCC1)c1nnc(C)n1-2. The Morgan fingerprint density at radius 1 is 1.05 bits per heavy atom. The second kappa shape index (κ2) is 13.6. The molecule has 2 N–H and O–H groups in total. The lowest BCUT2D eigenvalue weighted by atomic mass is 9.99. The van der Waals surface area contributed by atoms with Crippen LogP contribution in [0.5, 0.6) is 0 Å². The highest BCUT2D eigenvalue weighted by Crippen LogP contribution is 2.39. The molecule has 3 heterocycles. The maximum absolute atomic E-state index is 13.1. The number of ether oxygens (including phenoxy) is 1. The Labute approximate surface area is 255 Å². The number of nitrogens with zero attached hydrogens (tertiary/aromatic N) is 4. The molecule has 11 heteroatoms. The molecule has 222 valence electrons. The molecule has 0 bridgehead atoms. The molecule has 1 unspecified atom stereocenters. The van der Waals surface area contributed by atoms with Gasteiger partial charge in [0.2, 0.25) is 5.91 Å².